The van der Waals surface area contributed by atoms with Gasteiger partial charge in [-0.15, -0.1) is 0 Å². The Bertz CT molecular complexity index is 610. The molecule has 1 amide bonds. The molecule has 0 atom stereocenters. The zero-order valence-corrected chi connectivity index (χ0v) is 12.2. The molecule has 0 aliphatic heterocycles. The summed E-state index contributed by atoms with van der Waals surface area (Å²) < 4.78 is 5.46. The van der Waals surface area contributed by atoms with Crippen LogP contribution in [0.2, 0.25) is 0 Å². The largest absolute Gasteiger partial charge is 0.465 e. The van der Waals surface area contributed by atoms with E-state index in [1.807, 2.05) is 0 Å². The van der Waals surface area contributed by atoms with Crippen molar-refractivity contribution in [3.8, 4) is 0 Å². The maximum Gasteiger partial charge on any atom is 0.349 e. The van der Waals surface area contributed by atoms with E-state index in [9.17, 15) is 9.59 Å². The number of aromatic nitrogens is 1. The standard InChI is InChI=1S/C12H9BrN2O3S/c1-18-11(17)9-6-14-12(19-9)15-10(16)7-2-4-8(13)5-3-7/h2-6H,1H3,(H,14,15,16). The first kappa shape index (κ1) is 13.7. The minimum atomic E-state index is -0.471. The van der Waals surface area contributed by atoms with Crippen LogP contribution in [0, 0.1) is 0 Å². The summed E-state index contributed by atoms with van der Waals surface area (Å²) in [7, 11) is 1.29. The first-order valence-corrected chi connectivity index (χ1v) is 6.82. The van der Waals surface area contributed by atoms with Crippen molar-refractivity contribution < 1.29 is 14.3 Å². The zero-order valence-electron chi connectivity index (χ0n) is 9.84. The molecule has 1 aromatic carbocycles. The fourth-order valence-corrected chi connectivity index (χ4v) is 2.29. The third kappa shape index (κ3) is 3.39. The molecular weight excluding hydrogens is 332 g/mol. The predicted molar refractivity (Wildman–Crippen MR) is 75.5 cm³/mol. The number of nitrogens with one attached hydrogen (secondary N) is 1. The molecule has 0 fully saturated rings. The lowest BCUT2D eigenvalue weighted by Crippen LogP contribution is -2.11. The van der Waals surface area contributed by atoms with Crippen LogP contribution in [0.5, 0.6) is 0 Å². The molecule has 1 heterocycles. The van der Waals surface area contributed by atoms with E-state index in [0.717, 1.165) is 15.8 Å². The Balaban J connectivity index is 2.08. The Morgan fingerprint density at radius 3 is 2.63 bits per heavy atom. The summed E-state index contributed by atoms with van der Waals surface area (Å²) >= 11 is 4.36. The molecule has 0 aliphatic carbocycles. The molecule has 0 unspecified atom stereocenters. The second kappa shape index (κ2) is 5.94. The molecule has 0 saturated heterocycles. The third-order valence-corrected chi connectivity index (χ3v) is 3.64. The quantitative estimate of drug-likeness (QED) is 0.872. The van der Waals surface area contributed by atoms with Gasteiger partial charge in [-0.2, -0.15) is 0 Å². The molecule has 0 spiro atoms. The van der Waals surface area contributed by atoms with Gasteiger partial charge in [0.25, 0.3) is 5.91 Å². The number of benzene rings is 1. The number of anilines is 1. The number of halogens is 1. The molecule has 5 nitrogen and oxygen atoms in total. The van der Waals surface area contributed by atoms with Gasteiger partial charge in [0, 0.05) is 10.0 Å². The van der Waals surface area contributed by atoms with Gasteiger partial charge in [-0.25, -0.2) is 9.78 Å². The minimum Gasteiger partial charge on any atom is -0.465 e. The molecule has 0 radical (unpaired) electrons. The van der Waals surface area contributed by atoms with Crippen molar-refractivity contribution in [3.05, 3.63) is 45.4 Å². The number of amides is 1. The van der Waals surface area contributed by atoms with Crippen molar-refractivity contribution in [2.24, 2.45) is 0 Å². The number of carbonyl (C=O) groups excluding carboxylic acids is 2. The Morgan fingerprint density at radius 1 is 1.32 bits per heavy atom. The normalized spacial score (nSPS) is 10.0. The predicted octanol–water partition coefficient (Wildman–Crippen LogP) is 2.94. The van der Waals surface area contributed by atoms with E-state index in [4.69, 9.17) is 0 Å². The van der Waals surface area contributed by atoms with Crippen LogP contribution in [-0.2, 0) is 4.74 Å². The Hall–Kier alpha value is -1.73. The number of rotatable bonds is 3. The molecule has 98 valence electrons. The second-order valence-electron chi connectivity index (χ2n) is 3.48. The lowest BCUT2D eigenvalue weighted by atomic mass is 10.2. The van der Waals surface area contributed by atoms with Crippen LogP contribution in [0.15, 0.2) is 34.9 Å². The summed E-state index contributed by atoms with van der Waals surface area (Å²) in [5.41, 5.74) is 0.512. The highest BCUT2D eigenvalue weighted by Crippen LogP contribution is 2.20. The van der Waals surface area contributed by atoms with Crippen LogP contribution >= 0.6 is 27.3 Å². The molecule has 0 saturated carbocycles. The SMILES string of the molecule is COC(=O)c1cnc(NC(=O)c2ccc(Br)cc2)s1. The molecule has 0 aliphatic rings. The summed E-state index contributed by atoms with van der Waals surface area (Å²) in [5.74, 6) is -0.750. The summed E-state index contributed by atoms with van der Waals surface area (Å²) in [6, 6.07) is 6.93. The highest BCUT2D eigenvalue weighted by Gasteiger charge is 2.13. The van der Waals surface area contributed by atoms with E-state index in [-0.39, 0.29) is 5.91 Å². The topological polar surface area (TPSA) is 68.3 Å². The van der Waals surface area contributed by atoms with Crippen LogP contribution < -0.4 is 5.32 Å². The van der Waals surface area contributed by atoms with E-state index in [0.29, 0.717) is 15.6 Å². The number of hydrogen-bond acceptors (Lipinski definition) is 5. The first-order chi connectivity index (χ1) is 9.10. The third-order valence-electron chi connectivity index (χ3n) is 2.22. The number of ether oxygens (including phenoxy) is 1. The number of hydrogen-bond donors (Lipinski definition) is 1. The number of thiazole rings is 1. The van der Waals surface area contributed by atoms with Gasteiger partial charge in [0.15, 0.2) is 5.13 Å². The lowest BCUT2D eigenvalue weighted by Gasteiger charge is -2.01. The Kier molecular flexibility index (Phi) is 4.28. The summed E-state index contributed by atoms with van der Waals surface area (Å²) in [6.07, 6.45) is 1.37. The Morgan fingerprint density at radius 2 is 2.00 bits per heavy atom. The maximum absolute atomic E-state index is 11.9. The van der Waals surface area contributed by atoms with E-state index in [1.54, 1.807) is 24.3 Å². The average molecular weight is 341 g/mol. The van der Waals surface area contributed by atoms with Gasteiger partial charge < -0.3 is 4.74 Å². The van der Waals surface area contributed by atoms with Crippen molar-refractivity contribution in [1.29, 1.82) is 0 Å². The van der Waals surface area contributed by atoms with Crippen molar-refractivity contribution >= 4 is 44.3 Å². The molecule has 19 heavy (non-hydrogen) atoms. The summed E-state index contributed by atoms with van der Waals surface area (Å²) in [5, 5.41) is 2.98. The molecule has 0 bridgehead atoms. The van der Waals surface area contributed by atoms with Crippen molar-refractivity contribution in [2.45, 2.75) is 0 Å². The van der Waals surface area contributed by atoms with Gasteiger partial charge >= 0.3 is 5.97 Å². The van der Waals surface area contributed by atoms with Gasteiger partial charge in [0.1, 0.15) is 4.88 Å². The fourth-order valence-electron chi connectivity index (χ4n) is 1.30. The van der Waals surface area contributed by atoms with E-state index >= 15 is 0 Å². The molecule has 2 rings (SSSR count). The molecule has 1 aromatic heterocycles. The van der Waals surface area contributed by atoms with Crippen LogP contribution in [0.4, 0.5) is 5.13 Å². The highest BCUT2D eigenvalue weighted by atomic mass is 79.9. The number of methoxy groups -OCH3 is 1. The van der Waals surface area contributed by atoms with Crippen molar-refractivity contribution in [3.63, 3.8) is 0 Å². The zero-order chi connectivity index (χ0) is 13.8. The number of carbonyl (C=O) groups is 2. The smallest absolute Gasteiger partial charge is 0.349 e. The van der Waals surface area contributed by atoms with Crippen molar-refractivity contribution in [2.75, 3.05) is 12.4 Å². The molecule has 2 aromatic rings. The maximum atomic E-state index is 11.9. The average Bonchev–Trinajstić information content (AvgIpc) is 2.87. The number of esters is 1. The van der Waals surface area contributed by atoms with Gasteiger partial charge in [0.2, 0.25) is 0 Å². The van der Waals surface area contributed by atoms with Crippen molar-refractivity contribution in [1.82, 2.24) is 4.98 Å². The fraction of sp³-hybridized carbons (Fsp3) is 0.0833. The monoisotopic (exact) mass is 340 g/mol. The molecular formula is C12H9BrN2O3S. The van der Waals surface area contributed by atoms with Crippen LogP contribution in [0.25, 0.3) is 0 Å². The van der Waals surface area contributed by atoms with E-state index < -0.39 is 5.97 Å². The van der Waals surface area contributed by atoms with Crippen LogP contribution in [0.3, 0.4) is 0 Å². The Labute approximate surface area is 121 Å². The first-order valence-electron chi connectivity index (χ1n) is 5.21. The van der Waals surface area contributed by atoms with Crippen LogP contribution in [-0.4, -0.2) is 24.0 Å². The lowest BCUT2D eigenvalue weighted by molar-refractivity contribution is 0.0606. The number of nitrogens with zero attached hydrogens (tertiary/aromatic N) is 1. The molecule has 7 heteroatoms. The summed E-state index contributed by atoms with van der Waals surface area (Å²) in [4.78, 5) is 27.4. The minimum absolute atomic E-state index is 0.279. The van der Waals surface area contributed by atoms with Gasteiger partial charge in [-0.1, -0.05) is 27.3 Å². The van der Waals surface area contributed by atoms with E-state index in [1.165, 1.54) is 13.3 Å². The highest BCUT2D eigenvalue weighted by molar-refractivity contribution is 9.10. The molecule has 1 N–H and O–H groups in total. The van der Waals surface area contributed by atoms with Gasteiger partial charge in [-0.05, 0) is 24.3 Å². The van der Waals surface area contributed by atoms with Gasteiger partial charge in [-0.3, -0.25) is 10.1 Å². The van der Waals surface area contributed by atoms with E-state index in [2.05, 4.69) is 31.0 Å². The van der Waals surface area contributed by atoms with Crippen LogP contribution in [0.1, 0.15) is 20.0 Å². The summed E-state index contributed by atoms with van der Waals surface area (Å²) in [6.45, 7) is 0. The second-order valence-corrected chi connectivity index (χ2v) is 5.43. The van der Waals surface area contributed by atoms with Gasteiger partial charge in [0.05, 0.1) is 13.3 Å².